The fraction of sp³-hybridized carbons (Fsp3) is 0.727. The first kappa shape index (κ1) is 12.5. The highest BCUT2D eigenvalue weighted by Gasteiger charge is 2.32. The molecule has 7 heteroatoms. The number of tetrazole rings is 1. The number of nitriles is 1. The number of nitrogens with zero attached hydrogens (tertiary/aromatic N) is 6. The lowest BCUT2D eigenvalue weighted by Crippen LogP contribution is -2.44. The summed E-state index contributed by atoms with van der Waals surface area (Å²) in [6.45, 7) is 3.66. The van der Waals surface area contributed by atoms with Crippen molar-refractivity contribution >= 4 is 5.91 Å². The lowest BCUT2D eigenvalue weighted by atomic mass is 9.83. The van der Waals surface area contributed by atoms with E-state index >= 15 is 0 Å². The molecule has 1 aromatic heterocycles. The average molecular weight is 248 g/mol. The summed E-state index contributed by atoms with van der Waals surface area (Å²) in [6, 6.07) is 2.30. The van der Waals surface area contributed by atoms with Gasteiger partial charge < -0.3 is 4.90 Å². The fourth-order valence-electron chi connectivity index (χ4n) is 2.19. The van der Waals surface area contributed by atoms with Crippen molar-refractivity contribution in [3.63, 3.8) is 0 Å². The molecule has 0 spiro atoms. The fourth-order valence-corrected chi connectivity index (χ4v) is 2.19. The van der Waals surface area contributed by atoms with Gasteiger partial charge in [-0.25, -0.2) is 4.68 Å². The summed E-state index contributed by atoms with van der Waals surface area (Å²) in [4.78, 5) is 13.8. The predicted molar refractivity (Wildman–Crippen MR) is 62.0 cm³/mol. The number of aryl methyl sites for hydroxylation is 1. The zero-order chi connectivity index (χ0) is 13.0. The van der Waals surface area contributed by atoms with Crippen LogP contribution in [0.5, 0.6) is 0 Å². The van der Waals surface area contributed by atoms with Crippen molar-refractivity contribution in [3.8, 4) is 6.07 Å². The maximum atomic E-state index is 12.0. The molecule has 1 unspecified atom stereocenters. The van der Waals surface area contributed by atoms with Gasteiger partial charge in [0.2, 0.25) is 5.91 Å². The molecule has 1 saturated heterocycles. The first-order valence-electron chi connectivity index (χ1n) is 6.03. The average Bonchev–Trinajstić information content (AvgIpc) is 2.89. The van der Waals surface area contributed by atoms with Crippen molar-refractivity contribution in [2.45, 2.75) is 32.7 Å². The van der Waals surface area contributed by atoms with Crippen LogP contribution in [0.4, 0.5) is 0 Å². The zero-order valence-corrected chi connectivity index (χ0v) is 10.4. The third-order valence-electron chi connectivity index (χ3n) is 3.27. The molecule has 0 bridgehead atoms. The van der Waals surface area contributed by atoms with Crippen LogP contribution in [0.15, 0.2) is 6.33 Å². The minimum absolute atomic E-state index is 0.0617. The van der Waals surface area contributed by atoms with Crippen LogP contribution in [0.25, 0.3) is 0 Å². The molecule has 1 fully saturated rings. The van der Waals surface area contributed by atoms with Gasteiger partial charge in [-0.3, -0.25) is 4.79 Å². The monoisotopic (exact) mass is 248 g/mol. The minimum Gasteiger partial charge on any atom is -0.341 e. The first-order chi connectivity index (χ1) is 8.63. The van der Waals surface area contributed by atoms with Crippen molar-refractivity contribution < 1.29 is 4.79 Å². The van der Waals surface area contributed by atoms with Crippen LogP contribution < -0.4 is 0 Å². The number of hydrogen-bond donors (Lipinski definition) is 0. The molecular weight excluding hydrogens is 232 g/mol. The van der Waals surface area contributed by atoms with Crippen LogP contribution in [0.3, 0.4) is 0 Å². The number of hydrogen-bond acceptors (Lipinski definition) is 5. The summed E-state index contributed by atoms with van der Waals surface area (Å²) in [5.41, 5.74) is -0.400. The van der Waals surface area contributed by atoms with Gasteiger partial charge in [-0.15, -0.1) is 5.10 Å². The van der Waals surface area contributed by atoms with E-state index in [1.54, 1.807) is 4.90 Å². The molecule has 18 heavy (non-hydrogen) atoms. The Morgan fingerprint density at radius 3 is 3.11 bits per heavy atom. The van der Waals surface area contributed by atoms with Crippen LogP contribution >= 0.6 is 0 Å². The molecule has 7 nitrogen and oxygen atoms in total. The highest BCUT2D eigenvalue weighted by molar-refractivity contribution is 5.76. The third-order valence-corrected chi connectivity index (χ3v) is 3.27. The summed E-state index contributed by atoms with van der Waals surface area (Å²) >= 11 is 0. The third kappa shape index (κ3) is 2.83. The molecule has 2 rings (SSSR count). The smallest absolute Gasteiger partial charge is 0.224 e. The van der Waals surface area contributed by atoms with Gasteiger partial charge in [0.15, 0.2) is 0 Å². The van der Waals surface area contributed by atoms with E-state index in [0.29, 0.717) is 19.5 Å². The van der Waals surface area contributed by atoms with Gasteiger partial charge in [-0.05, 0) is 30.2 Å². The second-order valence-electron chi connectivity index (χ2n) is 4.91. The number of amides is 1. The Hall–Kier alpha value is -1.97. The minimum atomic E-state index is -0.400. The van der Waals surface area contributed by atoms with Crippen LogP contribution in [-0.4, -0.2) is 44.1 Å². The quantitative estimate of drug-likeness (QED) is 0.763. The van der Waals surface area contributed by atoms with E-state index in [2.05, 4.69) is 21.6 Å². The van der Waals surface area contributed by atoms with E-state index < -0.39 is 5.41 Å². The van der Waals surface area contributed by atoms with E-state index in [4.69, 9.17) is 5.26 Å². The van der Waals surface area contributed by atoms with Gasteiger partial charge in [-0.2, -0.15) is 5.26 Å². The van der Waals surface area contributed by atoms with Crippen LogP contribution in [0.2, 0.25) is 0 Å². The molecule has 1 atom stereocenters. The van der Waals surface area contributed by atoms with Crippen molar-refractivity contribution in [1.82, 2.24) is 25.1 Å². The van der Waals surface area contributed by atoms with Gasteiger partial charge >= 0.3 is 0 Å². The maximum Gasteiger partial charge on any atom is 0.224 e. The summed E-state index contributed by atoms with van der Waals surface area (Å²) < 4.78 is 1.53. The standard InChI is InChI=1S/C11H16N6O/c1-11(7-12)4-2-5-16(8-11)10(18)3-6-17-9-13-14-15-17/h9H,2-6,8H2,1H3. The lowest BCUT2D eigenvalue weighted by molar-refractivity contribution is -0.134. The van der Waals surface area contributed by atoms with Crippen molar-refractivity contribution in [3.05, 3.63) is 6.33 Å². The Morgan fingerprint density at radius 2 is 2.44 bits per heavy atom. The maximum absolute atomic E-state index is 12.0. The van der Waals surface area contributed by atoms with Gasteiger partial charge in [0, 0.05) is 19.5 Å². The normalized spacial score (nSPS) is 23.7. The lowest BCUT2D eigenvalue weighted by Gasteiger charge is -2.36. The van der Waals surface area contributed by atoms with Crippen molar-refractivity contribution in [1.29, 1.82) is 5.26 Å². The molecule has 1 aromatic rings. The largest absolute Gasteiger partial charge is 0.341 e. The Morgan fingerprint density at radius 1 is 1.61 bits per heavy atom. The Labute approximate surface area is 105 Å². The molecule has 0 radical (unpaired) electrons. The Kier molecular flexibility index (Phi) is 3.55. The second kappa shape index (κ2) is 5.12. The number of carbonyl (C=O) groups excluding carboxylic acids is 1. The highest BCUT2D eigenvalue weighted by Crippen LogP contribution is 2.28. The van der Waals surface area contributed by atoms with E-state index in [1.165, 1.54) is 11.0 Å². The SMILES string of the molecule is CC1(C#N)CCCN(C(=O)CCn2cnnn2)C1. The van der Waals surface area contributed by atoms with Gasteiger partial charge in [0.25, 0.3) is 0 Å². The Bertz CT molecular complexity index is 451. The number of aromatic nitrogens is 4. The molecule has 0 aromatic carbocycles. The molecule has 1 aliphatic rings. The van der Waals surface area contributed by atoms with Crippen LogP contribution in [0, 0.1) is 16.7 Å². The van der Waals surface area contributed by atoms with E-state index in [9.17, 15) is 4.79 Å². The molecule has 1 aliphatic heterocycles. The Balaban J connectivity index is 1.87. The molecule has 0 N–H and O–H groups in total. The van der Waals surface area contributed by atoms with E-state index in [0.717, 1.165) is 19.4 Å². The van der Waals surface area contributed by atoms with Gasteiger partial charge in [0.1, 0.15) is 6.33 Å². The number of carbonyl (C=O) groups is 1. The van der Waals surface area contributed by atoms with Crippen LogP contribution in [0.1, 0.15) is 26.2 Å². The topological polar surface area (TPSA) is 87.7 Å². The number of rotatable bonds is 3. The molecular formula is C11H16N6O. The molecule has 2 heterocycles. The molecule has 96 valence electrons. The predicted octanol–water partition coefficient (Wildman–Crippen LogP) is 0.215. The van der Waals surface area contributed by atoms with E-state index in [-0.39, 0.29) is 5.91 Å². The first-order valence-corrected chi connectivity index (χ1v) is 6.03. The second-order valence-corrected chi connectivity index (χ2v) is 4.91. The summed E-state index contributed by atoms with van der Waals surface area (Å²) in [7, 11) is 0. The van der Waals surface area contributed by atoms with Gasteiger partial charge in [-0.1, -0.05) is 0 Å². The molecule has 0 aliphatic carbocycles. The molecule has 1 amide bonds. The number of likely N-dealkylation sites (tertiary alicyclic amines) is 1. The van der Waals surface area contributed by atoms with Gasteiger partial charge in [0.05, 0.1) is 18.0 Å². The van der Waals surface area contributed by atoms with Crippen molar-refractivity contribution in [2.24, 2.45) is 5.41 Å². The van der Waals surface area contributed by atoms with E-state index in [1.807, 2.05) is 6.92 Å². The van der Waals surface area contributed by atoms with Crippen LogP contribution in [-0.2, 0) is 11.3 Å². The van der Waals surface area contributed by atoms with Crippen molar-refractivity contribution in [2.75, 3.05) is 13.1 Å². The summed E-state index contributed by atoms with van der Waals surface area (Å²) in [5, 5.41) is 19.8. The summed E-state index contributed by atoms with van der Waals surface area (Å²) in [6.07, 6.45) is 3.61. The number of piperidine rings is 1. The zero-order valence-electron chi connectivity index (χ0n) is 10.4. The highest BCUT2D eigenvalue weighted by atomic mass is 16.2. The summed E-state index contributed by atoms with van der Waals surface area (Å²) in [5.74, 6) is 0.0617. The molecule has 0 saturated carbocycles.